The van der Waals surface area contributed by atoms with Gasteiger partial charge in [-0.15, -0.1) is 0 Å². The van der Waals surface area contributed by atoms with Crippen molar-refractivity contribution < 1.29 is 27.8 Å². The number of hydrogen-bond donors (Lipinski definition) is 2. The molecule has 1 amide bonds. The predicted octanol–water partition coefficient (Wildman–Crippen LogP) is 3.93. The Morgan fingerprint density at radius 1 is 1.19 bits per heavy atom. The molecular weight excluding hydrogens is 411 g/mol. The number of amides is 1. The summed E-state index contributed by atoms with van der Waals surface area (Å²) in [5, 5.41) is 16.1. The highest BCUT2D eigenvalue weighted by molar-refractivity contribution is 5.98. The Morgan fingerprint density at radius 2 is 1.90 bits per heavy atom. The average molecular weight is 431 g/mol. The van der Waals surface area contributed by atoms with Crippen molar-refractivity contribution in [2.45, 2.75) is 26.3 Å². The Kier molecular flexibility index (Phi) is 5.22. The van der Waals surface area contributed by atoms with Crippen LogP contribution in [0.4, 0.5) is 18.9 Å². The zero-order valence-corrected chi connectivity index (χ0v) is 16.9. The van der Waals surface area contributed by atoms with Gasteiger partial charge in [0.25, 0.3) is 11.8 Å². The Hall–Kier alpha value is -3.33. The molecule has 0 saturated carbocycles. The Morgan fingerprint density at radius 3 is 2.58 bits per heavy atom. The van der Waals surface area contributed by atoms with Crippen LogP contribution >= 0.6 is 0 Å². The molecule has 2 heterocycles. The first kappa shape index (κ1) is 20.9. The Bertz CT molecular complexity index is 1160. The number of benzene rings is 2. The normalized spacial score (nSPS) is 13.5. The van der Waals surface area contributed by atoms with Crippen LogP contribution in [-0.4, -0.2) is 39.9 Å². The van der Waals surface area contributed by atoms with Crippen LogP contribution in [0.3, 0.4) is 0 Å². The number of rotatable bonds is 5. The molecule has 31 heavy (non-hydrogen) atoms. The number of aromatic nitrogens is 2. The molecule has 2 aromatic carbocycles. The van der Waals surface area contributed by atoms with Crippen LogP contribution in [0, 0.1) is 19.7 Å². The zero-order chi connectivity index (χ0) is 22.3. The third-order valence-corrected chi connectivity index (χ3v) is 5.18. The largest absolute Gasteiger partial charge is 0.482 e. The smallest absolute Gasteiger partial charge is 0.289 e. The summed E-state index contributed by atoms with van der Waals surface area (Å²) >= 11 is 0. The number of anilines is 1. The zero-order valence-electron chi connectivity index (χ0n) is 16.9. The summed E-state index contributed by atoms with van der Waals surface area (Å²) in [5.41, 5.74) is 3.75. The van der Waals surface area contributed by atoms with Crippen LogP contribution in [0.15, 0.2) is 36.4 Å². The van der Waals surface area contributed by atoms with E-state index >= 15 is 0 Å². The van der Waals surface area contributed by atoms with E-state index in [2.05, 4.69) is 10.4 Å². The second-order valence-corrected chi connectivity index (χ2v) is 7.44. The van der Waals surface area contributed by atoms with Crippen molar-refractivity contribution in [3.63, 3.8) is 0 Å². The lowest BCUT2D eigenvalue weighted by molar-refractivity contribution is -0.118. The van der Waals surface area contributed by atoms with E-state index in [1.54, 1.807) is 26.0 Å². The van der Waals surface area contributed by atoms with Crippen molar-refractivity contribution in [2.24, 2.45) is 0 Å². The van der Waals surface area contributed by atoms with Crippen LogP contribution in [0.2, 0.25) is 0 Å². The summed E-state index contributed by atoms with van der Waals surface area (Å²) in [7, 11) is 0. The molecule has 0 saturated heterocycles. The minimum absolute atomic E-state index is 0.0835. The maximum atomic E-state index is 14.1. The van der Waals surface area contributed by atoms with Crippen molar-refractivity contribution in [3.05, 3.63) is 53.5 Å². The third-order valence-electron chi connectivity index (χ3n) is 5.18. The van der Waals surface area contributed by atoms with Crippen LogP contribution in [0.5, 0.6) is 5.75 Å². The lowest BCUT2D eigenvalue weighted by Crippen LogP contribution is -2.29. The highest BCUT2D eigenvalue weighted by Gasteiger charge is 2.32. The van der Waals surface area contributed by atoms with E-state index in [1.165, 1.54) is 24.3 Å². The van der Waals surface area contributed by atoms with Gasteiger partial charge in [0.1, 0.15) is 24.7 Å². The Labute approximate surface area is 176 Å². The van der Waals surface area contributed by atoms with E-state index in [4.69, 9.17) is 9.84 Å². The maximum Gasteiger partial charge on any atom is 0.289 e. The van der Waals surface area contributed by atoms with Crippen molar-refractivity contribution >= 4 is 11.6 Å². The molecule has 1 aliphatic heterocycles. The lowest BCUT2D eigenvalue weighted by atomic mass is 9.94. The second-order valence-electron chi connectivity index (χ2n) is 7.44. The van der Waals surface area contributed by atoms with Gasteiger partial charge >= 0.3 is 0 Å². The number of hydrogen-bond acceptors (Lipinski definition) is 4. The number of ether oxygens (including phenoxy) is 1. The van der Waals surface area contributed by atoms with Crippen LogP contribution in [0.1, 0.15) is 11.3 Å². The summed E-state index contributed by atoms with van der Waals surface area (Å²) < 4.78 is 48.2. The molecule has 3 aromatic rings. The first-order valence-corrected chi connectivity index (χ1v) is 9.59. The number of carbonyl (C=O) groups excluding carboxylic acids is 1. The third kappa shape index (κ3) is 3.88. The molecular formula is C22H20F3N3O3. The van der Waals surface area contributed by atoms with Crippen molar-refractivity contribution in [3.8, 4) is 28.1 Å². The minimum atomic E-state index is -3.39. The number of carbonyl (C=O) groups is 1. The SMILES string of the molecule is Cc1nn(CC(F)(F)CO)c(-c2ccc(F)cc2)c1-c1ccc2c(c1C)NC(=O)CO2. The molecule has 6 nitrogen and oxygen atoms in total. The number of aliphatic hydroxyl groups is 1. The Balaban J connectivity index is 1.94. The standard InChI is InChI=1S/C22H20F3N3O3/c1-12-16(7-8-17-20(12)26-18(30)9-31-17)19-13(2)27-28(10-22(24,25)11-29)21(19)14-3-5-15(23)6-4-14/h3-8,29H,9-11H2,1-2H3,(H,26,30). The fourth-order valence-corrected chi connectivity index (χ4v) is 3.74. The number of aryl methyl sites for hydroxylation is 1. The van der Waals surface area contributed by atoms with E-state index in [-0.39, 0.29) is 12.5 Å². The summed E-state index contributed by atoms with van der Waals surface area (Å²) in [5.74, 6) is -3.63. The molecule has 4 rings (SSSR count). The van der Waals surface area contributed by atoms with Crippen molar-refractivity contribution in [2.75, 3.05) is 18.5 Å². The molecule has 0 aliphatic carbocycles. The summed E-state index contributed by atoms with van der Waals surface area (Å²) in [6.45, 7) is 1.21. The van der Waals surface area contributed by atoms with Crippen molar-refractivity contribution in [1.82, 2.24) is 9.78 Å². The van der Waals surface area contributed by atoms with E-state index in [0.29, 0.717) is 45.1 Å². The van der Waals surface area contributed by atoms with E-state index in [1.807, 2.05) is 0 Å². The monoisotopic (exact) mass is 431 g/mol. The molecule has 162 valence electrons. The number of nitrogens with one attached hydrogen (secondary N) is 1. The van der Waals surface area contributed by atoms with Crippen molar-refractivity contribution in [1.29, 1.82) is 0 Å². The van der Waals surface area contributed by atoms with Gasteiger partial charge in [-0.1, -0.05) is 6.07 Å². The molecule has 1 aromatic heterocycles. The van der Waals surface area contributed by atoms with Gasteiger partial charge < -0.3 is 15.2 Å². The molecule has 0 unspecified atom stereocenters. The molecule has 0 radical (unpaired) electrons. The fraction of sp³-hybridized carbons (Fsp3) is 0.273. The molecule has 1 aliphatic rings. The van der Waals surface area contributed by atoms with Crippen LogP contribution in [-0.2, 0) is 11.3 Å². The molecule has 0 bridgehead atoms. The van der Waals surface area contributed by atoms with Gasteiger partial charge in [-0.3, -0.25) is 9.48 Å². The predicted molar refractivity (Wildman–Crippen MR) is 109 cm³/mol. The number of halogens is 3. The minimum Gasteiger partial charge on any atom is -0.482 e. The molecule has 0 fully saturated rings. The topological polar surface area (TPSA) is 76.4 Å². The molecule has 0 spiro atoms. The van der Waals surface area contributed by atoms with Gasteiger partial charge in [-0.25, -0.2) is 13.2 Å². The van der Waals surface area contributed by atoms with Gasteiger partial charge in [-0.05, 0) is 55.3 Å². The van der Waals surface area contributed by atoms with Gasteiger partial charge in [0, 0.05) is 11.1 Å². The van der Waals surface area contributed by atoms with Gasteiger partial charge in [0.2, 0.25) is 0 Å². The van der Waals surface area contributed by atoms with E-state index in [0.717, 1.165) is 4.68 Å². The summed E-state index contributed by atoms with van der Waals surface area (Å²) in [4.78, 5) is 11.8. The number of fused-ring (bicyclic) bond motifs is 1. The van der Waals surface area contributed by atoms with Crippen LogP contribution in [0.25, 0.3) is 22.4 Å². The lowest BCUT2D eigenvalue weighted by Gasteiger charge is -2.22. The first-order chi connectivity index (χ1) is 14.7. The second kappa shape index (κ2) is 7.73. The highest BCUT2D eigenvalue weighted by Crippen LogP contribution is 2.42. The highest BCUT2D eigenvalue weighted by atomic mass is 19.3. The number of alkyl halides is 2. The average Bonchev–Trinajstić information content (AvgIpc) is 3.04. The molecule has 0 atom stereocenters. The number of aliphatic hydroxyl groups excluding tert-OH is 1. The summed E-state index contributed by atoms with van der Waals surface area (Å²) in [6, 6.07) is 8.93. The van der Waals surface area contributed by atoms with Gasteiger partial charge in [0.05, 0.1) is 17.1 Å². The fourth-order valence-electron chi connectivity index (χ4n) is 3.74. The quantitative estimate of drug-likeness (QED) is 0.642. The summed E-state index contributed by atoms with van der Waals surface area (Å²) in [6.07, 6.45) is 0. The van der Waals surface area contributed by atoms with E-state index < -0.39 is 24.9 Å². The molecule has 2 N–H and O–H groups in total. The van der Waals surface area contributed by atoms with Crippen LogP contribution < -0.4 is 10.1 Å². The van der Waals surface area contributed by atoms with Gasteiger partial charge in [-0.2, -0.15) is 5.10 Å². The maximum absolute atomic E-state index is 14.1. The number of nitrogens with zero attached hydrogens (tertiary/aromatic N) is 2. The van der Waals surface area contributed by atoms with Gasteiger partial charge in [0.15, 0.2) is 6.61 Å². The first-order valence-electron chi connectivity index (χ1n) is 9.59. The molecule has 9 heteroatoms. The van der Waals surface area contributed by atoms with E-state index in [9.17, 15) is 18.0 Å².